The van der Waals surface area contributed by atoms with Crippen LogP contribution in [-0.2, 0) is 9.59 Å². The summed E-state index contributed by atoms with van der Waals surface area (Å²) in [6.45, 7) is 6.53. The smallest absolute Gasteiger partial charge is 0.267 e. The Bertz CT molecular complexity index is 912. The number of rotatable bonds is 5. The van der Waals surface area contributed by atoms with Crippen molar-refractivity contribution in [3.05, 3.63) is 60.2 Å². The summed E-state index contributed by atoms with van der Waals surface area (Å²) in [6, 6.07) is 17.0. The van der Waals surface area contributed by atoms with Gasteiger partial charge in [-0.05, 0) is 31.5 Å². The number of nitrogens with zero attached hydrogens (tertiary/aromatic N) is 2. The van der Waals surface area contributed by atoms with Crippen molar-refractivity contribution in [2.24, 2.45) is 0 Å². The maximum Gasteiger partial charge on any atom is 0.267 e. The maximum atomic E-state index is 12.9. The lowest BCUT2D eigenvalue weighted by Crippen LogP contribution is -2.57. The number of piperazine rings is 1. The van der Waals surface area contributed by atoms with Gasteiger partial charge < -0.3 is 19.7 Å². The van der Waals surface area contributed by atoms with E-state index in [-0.39, 0.29) is 30.5 Å². The zero-order valence-corrected chi connectivity index (χ0v) is 18.0. The third-order valence-corrected chi connectivity index (χ3v) is 6.00. The van der Waals surface area contributed by atoms with Gasteiger partial charge in [-0.25, -0.2) is 0 Å². The van der Waals surface area contributed by atoms with Crippen molar-refractivity contribution in [1.82, 2.24) is 15.1 Å². The highest BCUT2D eigenvalue weighted by Gasteiger charge is 2.34. The molecule has 2 heterocycles. The zero-order valence-electron chi connectivity index (χ0n) is 18.0. The molecule has 2 amide bonds. The van der Waals surface area contributed by atoms with E-state index in [1.165, 1.54) is 0 Å². The summed E-state index contributed by atoms with van der Waals surface area (Å²) in [5.41, 5.74) is 1.08. The van der Waals surface area contributed by atoms with Crippen LogP contribution in [0.2, 0.25) is 0 Å². The summed E-state index contributed by atoms with van der Waals surface area (Å²) < 4.78 is 11.5. The van der Waals surface area contributed by atoms with E-state index in [0.29, 0.717) is 37.7 Å². The normalized spacial score (nSPS) is 20.6. The first kappa shape index (κ1) is 21.2. The first-order valence-corrected chi connectivity index (χ1v) is 10.8. The summed E-state index contributed by atoms with van der Waals surface area (Å²) in [4.78, 5) is 29.6. The topological polar surface area (TPSA) is 71.1 Å². The van der Waals surface area contributed by atoms with E-state index in [2.05, 4.69) is 10.2 Å². The second-order valence-electron chi connectivity index (χ2n) is 8.04. The van der Waals surface area contributed by atoms with E-state index in [9.17, 15) is 9.59 Å². The van der Waals surface area contributed by atoms with Gasteiger partial charge in [0, 0.05) is 26.2 Å². The predicted molar refractivity (Wildman–Crippen MR) is 117 cm³/mol. The van der Waals surface area contributed by atoms with Crippen molar-refractivity contribution in [2.75, 3.05) is 32.8 Å². The molecule has 3 unspecified atom stereocenters. The van der Waals surface area contributed by atoms with Crippen LogP contribution < -0.4 is 14.8 Å². The molecule has 2 aromatic carbocycles. The van der Waals surface area contributed by atoms with Crippen LogP contribution in [0, 0.1) is 0 Å². The zero-order chi connectivity index (χ0) is 21.8. The Labute approximate surface area is 182 Å². The minimum atomic E-state index is -0.631. The monoisotopic (exact) mass is 423 g/mol. The average molecular weight is 424 g/mol. The molecule has 31 heavy (non-hydrogen) atoms. The van der Waals surface area contributed by atoms with Gasteiger partial charge in [-0.2, -0.15) is 0 Å². The second-order valence-corrected chi connectivity index (χ2v) is 8.04. The number of para-hydroxylation sites is 2. The van der Waals surface area contributed by atoms with Crippen molar-refractivity contribution in [1.29, 1.82) is 0 Å². The molecule has 7 heteroatoms. The van der Waals surface area contributed by atoms with Crippen LogP contribution in [0.5, 0.6) is 11.5 Å². The van der Waals surface area contributed by atoms with Crippen molar-refractivity contribution in [2.45, 2.75) is 32.0 Å². The number of fused-ring (bicyclic) bond motifs is 1. The fourth-order valence-corrected chi connectivity index (χ4v) is 4.00. The summed E-state index contributed by atoms with van der Waals surface area (Å²) >= 11 is 0. The van der Waals surface area contributed by atoms with Gasteiger partial charge in [0.25, 0.3) is 5.91 Å². The van der Waals surface area contributed by atoms with Gasteiger partial charge in [-0.3, -0.25) is 14.5 Å². The molecular formula is C24H29N3O4. The molecule has 7 nitrogen and oxygen atoms in total. The SMILES string of the molecule is CC(NC(=O)C(C)N1CCN(C(=O)C2COc3ccccc3O2)CC1)c1ccccc1. The van der Waals surface area contributed by atoms with E-state index in [0.717, 1.165) is 5.56 Å². The van der Waals surface area contributed by atoms with Gasteiger partial charge in [0.2, 0.25) is 12.0 Å². The molecule has 0 radical (unpaired) electrons. The van der Waals surface area contributed by atoms with Crippen LogP contribution in [-0.4, -0.2) is 66.5 Å². The summed E-state index contributed by atoms with van der Waals surface area (Å²) in [5, 5.41) is 3.09. The highest BCUT2D eigenvalue weighted by molar-refractivity contribution is 5.83. The molecule has 4 rings (SSSR count). The van der Waals surface area contributed by atoms with Gasteiger partial charge in [-0.1, -0.05) is 42.5 Å². The largest absolute Gasteiger partial charge is 0.485 e. The summed E-state index contributed by atoms with van der Waals surface area (Å²) in [6.07, 6.45) is -0.631. The molecule has 0 bridgehead atoms. The molecule has 1 fully saturated rings. The van der Waals surface area contributed by atoms with E-state index in [1.54, 1.807) is 4.90 Å². The van der Waals surface area contributed by atoms with Gasteiger partial charge in [0.05, 0.1) is 12.1 Å². The number of benzene rings is 2. The highest BCUT2D eigenvalue weighted by Crippen LogP contribution is 2.31. The third kappa shape index (κ3) is 4.82. The van der Waals surface area contributed by atoms with E-state index in [4.69, 9.17) is 9.47 Å². The number of carbonyl (C=O) groups is 2. The van der Waals surface area contributed by atoms with Crippen molar-refractivity contribution in [3.63, 3.8) is 0 Å². The molecular weight excluding hydrogens is 394 g/mol. The lowest BCUT2D eigenvalue weighted by molar-refractivity contribution is -0.143. The number of ether oxygens (including phenoxy) is 2. The fourth-order valence-electron chi connectivity index (χ4n) is 4.00. The Morgan fingerprint density at radius 2 is 1.58 bits per heavy atom. The Balaban J connectivity index is 1.27. The van der Waals surface area contributed by atoms with Crippen LogP contribution in [0.4, 0.5) is 0 Å². The first-order valence-electron chi connectivity index (χ1n) is 10.8. The molecule has 2 aromatic rings. The molecule has 2 aliphatic rings. The minimum Gasteiger partial charge on any atom is -0.485 e. The Hall–Kier alpha value is -3.06. The Morgan fingerprint density at radius 3 is 2.29 bits per heavy atom. The predicted octanol–water partition coefficient (Wildman–Crippen LogP) is 2.24. The molecule has 164 valence electrons. The van der Waals surface area contributed by atoms with E-state index < -0.39 is 6.10 Å². The van der Waals surface area contributed by atoms with Crippen molar-refractivity contribution >= 4 is 11.8 Å². The van der Waals surface area contributed by atoms with Crippen LogP contribution in [0.1, 0.15) is 25.5 Å². The lowest BCUT2D eigenvalue weighted by atomic mass is 10.1. The maximum absolute atomic E-state index is 12.9. The fraction of sp³-hybridized carbons (Fsp3) is 0.417. The second kappa shape index (κ2) is 9.39. The number of amides is 2. The summed E-state index contributed by atoms with van der Waals surface area (Å²) in [7, 11) is 0. The van der Waals surface area contributed by atoms with E-state index in [1.807, 2.05) is 68.4 Å². The van der Waals surface area contributed by atoms with Crippen molar-refractivity contribution < 1.29 is 19.1 Å². The van der Waals surface area contributed by atoms with Crippen LogP contribution in [0.15, 0.2) is 54.6 Å². The van der Waals surface area contributed by atoms with Gasteiger partial charge in [0.1, 0.15) is 6.61 Å². The molecule has 0 saturated carbocycles. The standard InChI is InChI=1S/C24H29N3O4/c1-17(19-8-4-3-5-9-19)25-23(28)18(2)26-12-14-27(15-13-26)24(29)22-16-30-20-10-6-7-11-21(20)31-22/h3-11,17-18,22H,12-16H2,1-2H3,(H,25,28). The molecule has 0 aromatic heterocycles. The number of hydrogen-bond donors (Lipinski definition) is 1. The molecule has 3 atom stereocenters. The molecule has 0 spiro atoms. The first-order chi connectivity index (χ1) is 15.0. The molecule has 2 aliphatic heterocycles. The molecule has 0 aliphatic carbocycles. The minimum absolute atomic E-state index is 0.00301. The quantitative estimate of drug-likeness (QED) is 0.799. The molecule has 1 N–H and O–H groups in total. The highest BCUT2D eigenvalue weighted by atomic mass is 16.6. The van der Waals surface area contributed by atoms with Gasteiger partial charge >= 0.3 is 0 Å². The van der Waals surface area contributed by atoms with Crippen LogP contribution in [0.3, 0.4) is 0 Å². The van der Waals surface area contributed by atoms with Crippen molar-refractivity contribution in [3.8, 4) is 11.5 Å². The van der Waals surface area contributed by atoms with Crippen LogP contribution >= 0.6 is 0 Å². The third-order valence-electron chi connectivity index (χ3n) is 6.00. The number of nitrogens with one attached hydrogen (secondary N) is 1. The summed E-state index contributed by atoms with van der Waals surface area (Å²) in [5.74, 6) is 1.20. The Morgan fingerprint density at radius 1 is 0.935 bits per heavy atom. The average Bonchev–Trinajstić information content (AvgIpc) is 2.83. The lowest BCUT2D eigenvalue weighted by Gasteiger charge is -2.39. The van der Waals surface area contributed by atoms with Gasteiger partial charge in [0.15, 0.2) is 11.5 Å². The number of carbonyl (C=O) groups excluding carboxylic acids is 2. The Kier molecular flexibility index (Phi) is 6.42. The van der Waals surface area contributed by atoms with Gasteiger partial charge in [-0.15, -0.1) is 0 Å². The number of hydrogen-bond acceptors (Lipinski definition) is 5. The molecule has 1 saturated heterocycles. The van der Waals surface area contributed by atoms with E-state index >= 15 is 0 Å². The van der Waals surface area contributed by atoms with Crippen LogP contribution in [0.25, 0.3) is 0 Å².